The second-order valence-electron chi connectivity index (χ2n) is 10.0. The number of H-pyrrole nitrogens is 1. The van der Waals surface area contributed by atoms with Crippen LogP contribution in [-0.2, 0) is 14.6 Å². The highest BCUT2D eigenvalue weighted by Gasteiger charge is 2.32. The van der Waals surface area contributed by atoms with Crippen LogP contribution < -0.4 is 15.4 Å². The first-order chi connectivity index (χ1) is 21.0. The number of para-hydroxylation sites is 1. The van der Waals surface area contributed by atoms with Gasteiger partial charge in [-0.25, -0.2) is 27.3 Å². The molecule has 0 saturated carbocycles. The summed E-state index contributed by atoms with van der Waals surface area (Å²) in [5, 5.41) is 11.8. The van der Waals surface area contributed by atoms with Gasteiger partial charge in [0.25, 0.3) is 11.8 Å². The number of sulfone groups is 1. The Morgan fingerprint density at radius 3 is 2.45 bits per heavy atom. The first-order valence-corrected chi connectivity index (χ1v) is 15.5. The number of benzene rings is 3. The summed E-state index contributed by atoms with van der Waals surface area (Å²) in [6.07, 6.45) is -1.35. The number of carbonyl (C=O) groups is 2. The lowest BCUT2D eigenvalue weighted by Gasteiger charge is -2.16. The molecule has 3 aromatic carbocycles. The number of aromatic amines is 1. The van der Waals surface area contributed by atoms with Crippen molar-refractivity contribution in [1.29, 1.82) is 0 Å². The molecule has 1 aliphatic heterocycles. The maximum atomic E-state index is 15.4. The number of aromatic nitrogens is 2. The topological polar surface area (TPSA) is 143 Å². The van der Waals surface area contributed by atoms with Gasteiger partial charge in [0.1, 0.15) is 22.9 Å². The minimum atomic E-state index is -3.70. The van der Waals surface area contributed by atoms with Gasteiger partial charge in [-0.15, -0.1) is 0 Å². The zero-order chi connectivity index (χ0) is 31.6. The van der Waals surface area contributed by atoms with Crippen LogP contribution in [0.15, 0.2) is 76.6 Å². The van der Waals surface area contributed by atoms with Crippen LogP contribution in [0.2, 0.25) is 0 Å². The number of amides is 2. The summed E-state index contributed by atoms with van der Waals surface area (Å²) < 4.78 is 60.7. The molecule has 0 radical (unpaired) electrons. The molecular weight excluding hydrogens is 592 g/mol. The van der Waals surface area contributed by atoms with E-state index < -0.39 is 39.5 Å². The number of fused-ring (bicyclic) bond motifs is 1. The monoisotopic (exact) mass is 621 g/mol. The molecule has 44 heavy (non-hydrogen) atoms. The molecular formula is C31H29F2N5O5S. The normalized spacial score (nSPS) is 15.4. The number of hydrogen-bond acceptors (Lipinski definition) is 7. The fourth-order valence-corrected chi connectivity index (χ4v) is 5.46. The van der Waals surface area contributed by atoms with Crippen LogP contribution in [0.4, 0.5) is 14.5 Å². The van der Waals surface area contributed by atoms with Crippen molar-refractivity contribution in [3.05, 3.63) is 95.1 Å². The molecule has 10 nitrogen and oxygen atoms in total. The van der Waals surface area contributed by atoms with Gasteiger partial charge < -0.3 is 15.4 Å². The largest absolute Gasteiger partial charge is 0.474 e. The Hall–Kier alpha value is -4.91. The highest BCUT2D eigenvalue weighted by Crippen LogP contribution is 2.33. The van der Waals surface area contributed by atoms with Crippen LogP contribution in [0, 0.1) is 11.6 Å². The van der Waals surface area contributed by atoms with Crippen LogP contribution >= 0.6 is 0 Å². The molecule has 13 heteroatoms. The maximum absolute atomic E-state index is 15.4. The third kappa shape index (κ3) is 5.95. The summed E-state index contributed by atoms with van der Waals surface area (Å²) in [6.45, 7) is 5.06. The van der Waals surface area contributed by atoms with E-state index in [1.807, 2.05) is 6.92 Å². The predicted octanol–water partition coefficient (Wildman–Crippen LogP) is 4.87. The Kier molecular flexibility index (Phi) is 8.59. The fraction of sp³-hybridized carbons (Fsp3) is 0.226. The fourth-order valence-electron chi connectivity index (χ4n) is 4.57. The summed E-state index contributed by atoms with van der Waals surface area (Å²) in [7, 11) is -3.70. The van der Waals surface area contributed by atoms with Crippen LogP contribution in [0.1, 0.15) is 48.7 Å². The lowest BCUT2D eigenvalue weighted by molar-refractivity contribution is -0.117. The van der Waals surface area contributed by atoms with Crippen LogP contribution in [0.3, 0.4) is 0 Å². The summed E-state index contributed by atoms with van der Waals surface area (Å²) in [5.41, 5.74) is 0.479. The van der Waals surface area contributed by atoms with Gasteiger partial charge >= 0.3 is 0 Å². The molecule has 1 aliphatic rings. The highest BCUT2D eigenvalue weighted by molar-refractivity contribution is 7.91. The zero-order valence-electron chi connectivity index (χ0n) is 24.0. The van der Waals surface area contributed by atoms with Gasteiger partial charge in [-0.05, 0) is 37.6 Å². The third-order valence-corrected chi connectivity index (χ3v) is 8.86. The summed E-state index contributed by atoms with van der Waals surface area (Å²) >= 11 is 0. The molecule has 3 N–H and O–H groups in total. The van der Waals surface area contributed by atoms with E-state index in [1.54, 1.807) is 43.3 Å². The lowest BCUT2D eigenvalue weighted by Crippen LogP contribution is -2.42. The Balaban J connectivity index is 1.58. The number of anilines is 1. The van der Waals surface area contributed by atoms with Crippen molar-refractivity contribution in [2.24, 2.45) is 4.99 Å². The smallest absolute Gasteiger partial charge is 0.269 e. The summed E-state index contributed by atoms with van der Waals surface area (Å²) in [6, 6.07) is 16.4. The van der Waals surface area contributed by atoms with Gasteiger partial charge in [0.2, 0.25) is 12.0 Å². The van der Waals surface area contributed by atoms with E-state index in [0.29, 0.717) is 17.5 Å². The van der Waals surface area contributed by atoms with Crippen molar-refractivity contribution in [3.8, 4) is 17.1 Å². The van der Waals surface area contributed by atoms with E-state index >= 15 is 4.39 Å². The van der Waals surface area contributed by atoms with Crippen molar-refractivity contribution in [2.75, 3.05) is 11.1 Å². The first-order valence-electron chi connectivity index (χ1n) is 13.9. The van der Waals surface area contributed by atoms with Crippen molar-refractivity contribution in [2.45, 2.75) is 44.4 Å². The Morgan fingerprint density at radius 2 is 1.77 bits per heavy atom. The molecule has 0 saturated heterocycles. The van der Waals surface area contributed by atoms with Gasteiger partial charge in [0.05, 0.1) is 28.2 Å². The molecule has 0 spiro atoms. The van der Waals surface area contributed by atoms with E-state index in [2.05, 4.69) is 25.8 Å². The highest BCUT2D eigenvalue weighted by atomic mass is 32.2. The number of hydrogen-bond donors (Lipinski definition) is 3. The van der Waals surface area contributed by atoms with E-state index in [4.69, 9.17) is 4.74 Å². The van der Waals surface area contributed by atoms with Crippen molar-refractivity contribution in [3.63, 3.8) is 0 Å². The summed E-state index contributed by atoms with van der Waals surface area (Å²) in [4.78, 5) is 31.5. The van der Waals surface area contributed by atoms with Gasteiger partial charge in [-0.1, -0.05) is 56.3 Å². The second-order valence-corrected chi connectivity index (χ2v) is 12.3. The van der Waals surface area contributed by atoms with Crippen LogP contribution in [0.5, 0.6) is 5.88 Å². The Labute approximate surface area is 252 Å². The Morgan fingerprint density at radius 1 is 1.02 bits per heavy atom. The molecule has 2 heterocycles. The molecule has 2 amide bonds. The summed E-state index contributed by atoms with van der Waals surface area (Å²) in [5.74, 6) is -3.64. The second kappa shape index (κ2) is 12.4. The average molecular weight is 622 g/mol. The standard InChI is InChI=1S/C31H29F2N5O5S/c1-4-17(3)43-31-24(27(37-38-31)20-15-14-19(16-23(20)33)44(41,42)5-2)29(39)36-28-30(40)35-26-21(12-9-13-22(26)32)25(34-28)18-10-7-6-8-11-18/h6-17,28H,4-5H2,1-3H3,(H,35,40)(H,36,39)(H,37,38)/t17-,28-/m1/s1. The minimum absolute atomic E-state index is 0.0906. The van der Waals surface area contributed by atoms with Crippen LogP contribution in [0.25, 0.3) is 11.3 Å². The number of benzodiazepines with no additional fused rings is 1. The average Bonchev–Trinajstić information content (AvgIpc) is 3.37. The molecule has 1 aromatic heterocycles. The lowest BCUT2D eigenvalue weighted by atomic mass is 10.0. The zero-order valence-corrected chi connectivity index (χ0v) is 24.8. The number of halogens is 2. The van der Waals surface area contributed by atoms with E-state index in [0.717, 1.165) is 6.07 Å². The van der Waals surface area contributed by atoms with Gasteiger partial charge in [-0.2, -0.15) is 5.10 Å². The Bertz CT molecular complexity index is 1880. The predicted molar refractivity (Wildman–Crippen MR) is 160 cm³/mol. The molecule has 2 atom stereocenters. The minimum Gasteiger partial charge on any atom is -0.474 e. The van der Waals surface area contributed by atoms with Crippen molar-refractivity contribution < 1.29 is 31.5 Å². The molecule has 4 aromatic rings. The molecule has 0 bridgehead atoms. The molecule has 0 fully saturated rings. The molecule has 5 rings (SSSR count). The van der Waals surface area contributed by atoms with E-state index in [1.165, 1.54) is 31.2 Å². The van der Waals surface area contributed by atoms with Crippen LogP contribution in [-0.4, -0.2) is 54.2 Å². The maximum Gasteiger partial charge on any atom is 0.269 e. The number of carbonyl (C=O) groups excluding carboxylic acids is 2. The first kappa shape index (κ1) is 30.5. The SMILES string of the molecule is CC[C@@H](C)Oc1[nH]nc(-c2ccc(S(=O)(=O)CC)cc2F)c1C(=O)N[C@H]1N=C(c2ccccc2)c2cccc(F)c2NC1=O. The van der Waals surface area contributed by atoms with E-state index in [-0.39, 0.29) is 50.9 Å². The number of rotatable bonds is 9. The van der Waals surface area contributed by atoms with E-state index in [9.17, 15) is 22.4 Å². The van der Waals surface area contributed by atoms with Crippen molar-refractivity contribution >= 4 is 33.1 Å². The number of aliphatic imine (C=N–C) groups is 1. The van der Waals surface area contributed by atoms with Gasteiger partial charge in [0, 0.05) is 16.7 Å². The molecule has 0 unspecified atom stereocenters. The van der Waals surface area contributed by atoms with Gasteiger partial charge in [0.15, 0.2) is 9.84 Å². The quantitative estimate of drug-likeness (QED) is 0.243. The number of nitrogens with zero attached hydrogens (tertiary/aromatic N) is 2. The van der Waals surface area contributed by atoms with Crippen molar-refractivity contribution in [1.82, 2.24) is 15.5 Å². The molecule has 228 valence electrons. The number of ether oxygens (including phenoxy) is 1. The third-order valence-electron chi connectivity index (χ3n) is 7.13. The molecule has 0 aliphatic carbocycles. The number of nitrogens with one attached hydrogen (secondary N) is 3. The van der Waals surface area contributed by atoms with Gasteiger partial charge in [-0.3, -0.25) is 9.59 Å².